The van der Waals surface area contributed by atoms with Gasteiger partial charge in [0.05, 0.1) is 0 Å². The zero-order chi connectivity index (χ0) is 13.2. The molecule has 0 atom stereocenters. The first-order valence-electron chi connectivity index (χ1n) is 5.98. The maximum atomic E-state index is 4.53. The van der Waals surface area contributed by atoms with Crippen molar-refractivity contribution in [2.24, 2.45) is 0 Å². The Balaban J connectivity index is 1.99. The highest BCUT2D eigenvalue weighted by Gasteiger charge is 2.08. The fourth-order valence-corrected chi connectivity index (χ4v) is 2.23. The molecule has 0 radical (unpaired) electrons. The van der Waals surface area contributed by atoms with E-state index in [4.69, 9.17) is 0 Å². The fraction of sp³-hybridized carbons (Fsp3) is 0.0667. The fourth-order valence-electron chi connectivity index (χ4n) is 1.85. The van der Waals surface area contributed by atoms with E-state index in [1.54, 1.807) is 0 Å². The second-order valence-corrected chi connectivity index (χ2v) is 5.19. The van der Waals surface area contributed by atoms with Crippen LogP contribution < -0.4 is 0 Å². The van der Waals surface area contributed by atoms with Crippen LogP contribution in [-0.4, -0.2) is 15.2 Å². The van der Waals surface area contributed by atoms with Gasteiger partial charge in [0.1, 0.15) is 0 Å². The third-order valence-corrected chi connectivity index (χ3v) is 3.82. The maximum Gasteiger partial charge on any atom is 0.181 e. The molecule has 1 aromatic heterocycles. The number of aromatic amines is 1. The summed E-state index contributed by atoms with van der Waals surface area (Å²) in [6.07, 6.45) is 0. The third-order valence-electron chi connectivity index (χ3n) is 2.96. The molecule has 19 heavy (non-hydrogen) atoms. The zero-order valence-electron chi connectivity index (χ0n) is 10.4. The van der Waals surface area contributed by atoms with E-state index in [9.17, 15) is 0 Å². The lowest BCUT2D eigenvalue weighted by molar-refractivity contribution is 1.10. The topological polar surface area (TPSA) is 41.6 Å². The van der Waals surface area contributed by atoms with Gasteiger partial charge in [-0.3, -0.25) is 5.10 Å². The molecule has 0 saturated carbocycles. The van der Waals surface area contributed by atoms with Crippen LogP contribution in [0.5, 0.6) is 0 Å². The van der Waals surface area contributed by atoms with Crippen LogP contribution in [0, 0.1) is 6.92 Å². The van der Waals surface area contributed by atoms with Crippen LogP contribution in [0.25, 0.3) is 22.8 Å². The second kappa shape index (κ2) is 4.97. The van der Waals surface area contributed by atoms with Crippen molar-refractivity contribution in [3.8, 4) is 22.8 Å². The van der Waals surface area contributed by atoms with Crippen LogP contribution in [0.15, 0.2) is 53.0 Å². The number of nitrogens with one attached hydrogen (secondary N) is 1. The van der Waals surface area contributed by atoms with Gasteiger partial charge in [-0.1, -0.05) is 58.4 Å². The summed E-state index contributed by atoms with van der Waals surface area (Å²) in [7, 11) is 0. The Morgan fingerprint density at radius 2 is 1.79 bits per heavy atom. The number of nitrogens with zero attached hydrogens (tertiary/aromatic N) is 2. The van der Waals surface area contributed by atoms with Crippen LogP contribution in [0.4, 0.5) is 0 Å². The molecule has 0 aliphatic heterocycles. The van der Waals surface area contributed by atoms with Crippen LogP contribution in [0.1, 0.15) is 5.56 Å². The first-order chi connectivity index (χ1) is 9.24. The Morgan fingerprint density at radius 1 is 1.00 bits per heavy atom. The van der Waals surface area contributed by atoms with Gasteiger partial charge in [0.15, 0.2) is 11.6 Å². The van der Waals surface area contributed by atoms with Gasteiger partial charge >= 0.3 is 0 Å². The molecule has 4 heteroatoms. The second-order valence-electron chi connectivity index (χ2n) is 4.34. The van der Waals surface area contributed by atoms with E-state index in [1.165, 1.54) is 5.56 Å². The van der Waals surface area contributed by atoms with Crippen molar-refractivity contribution in [2.75, 3.05) is 0 Å². The minimum Gasteiger partial charge on any atom is -0.259 e. The Bertz CT molecular complexity index is 704. The molecule has 1 N–H and O–H groups in total. The minimum atomic E-state index is 0.708. The van der Waals surface area contributed by atoms with Crippen LogP contribution in [0.2, 0.25) is 0 Å². The quantitative estimate of drug-likeness (QED) is 0.770. The number of aromatic nitrogens is 3. The molecule has 0 spiro atoms. The lowest BCUT2D eigenvalue weighted by Crippen LogP contribution is -1.83. The van der Waals surface area contributed by atoms with Gasteiger partial charge in [0.2, 0.25) is 0 Å². The van der Waals surface area contributed by atoms with Gasteiger partial charge < -0.3 is 0 Å². The largest absolute Gasteiger partial charge is 0.259 e. The first-order valence-corrected chi connectivity index (χ1v) is 6.78. The summed E-state index contributed by atoms with van der Waals surface area (Å²) in [6.45, 7) is 2.06. The number of rotatable bonds is 2. The third kappa shape index (κ3) is 2.44. The molecule has 0 aliphatic carbocycles. The summed E-state index contributed by atoms with van der Waals surface area (Å²) in [6, 6.07) is 16.1. The van der Waals surface area contributed by atoms with Crippen molar-refractivity contribution in [1.29, 1.82) is 0 Å². The SMILES string of the molecule is Cc1ccc(-c2n[nH]c(-c3ccccc3)n2)cc1Br. The smallest absolute Gasteiger partial charge is 0.181 e. The van der Waals surface area contributed by atoms with Crippen molar-refractivity contribution < 1.29 is 0 Å². The van der Waals surface area contributed by atoms with Gasteiger partial charge in [0.25, 0.3) is 0 Å². The van der Waals surface area contributed by atoms with E-state index >= 15 is 0 Å². The summed E-state index contributed by atoms with van der Waals surface area (Å²) in [5, 5.41) is 7.25. The van der Waals surface area contributed by atoms with Crippen molar-refractivity contribution in [3.05, 3.63) is 58.6 Å². The molecular weight excluding hydrogens is 302 g/mol. The highest BCUT2D eigenvalue weighted by atomic mass is 79.9. The molecule has 94 valence electrons. The Hall–Kier alpha value is -1.94. The highest BCUT2D eigenvalue weighted by molar-refractivity contribution is 9.10. The average Bonchev–Trinajstić information content (AvgIpc) is 2.93. The summed E-state index contributed by atoms with van der Waals surface area (Å²) >= 11 is 3.53. The van der Waals surface area contributed by atoms with E-state index < -0.39 is 0 Å². The molecule has 0 amide bonds. The lowest BCUT2D eigenvalue weighted by atomic mass is 10.1. The summed E-state index contributed by atoms with van der Waals surface area (Å²) < 4.78 is 1.07. The van der Waals surface area contributed by atoms with Gasteiger partial charge in [-0.25, -0.2) is 4.98 Å². The number of H-pyrrole nitrogens is 1. The first kappa shape index (κ1) is 12.1. The molecular formula is C15H12BrN3. The Morgan fingerprint density at radius 3 is 2.53 bits per heavy atom. The minimum absolute atomic E-state index is 0.708. The molecule has 3 aromatic rings. The van der Waals surface area contributed by atoms with Crippen molar-refractivity contribution in [2.45, 2.75) is 6.92 Å². The van der Waals surface area contributed by atoms with Gasteiger partial charge in [-0.05, 0) is 18.6 Å². The van der Waals surface area contributed by atoms with Gasteiger partial charge in [-0.2, -0.15) is 5.10 Å². The standard InChI is InChI=1S/C15H12BrN3/c1-10-7-8-12(9-13(10)16)15-17-14(18-19-15)11-5-3-2-4-6-11/h2-9H,1H3,(H,17,18,19). The van der Waals surface area contributed by atoms with Crippen molar-refractivity contribution >= 4 is 15.9 Å². The van der Waals surface area contributed by atoms with E-state index in [-0.39, 0.29) is 0 Å². The van der Waals surface area contributed by atoms with Crippen molar-refractivity contribution in [3.63, 3.8) is 0 Å². The zero-order valence-corrected chi connectivity index (χ0v) is 12.0. The molecule has 1 heterocycles. The maximum absolute atomic E-state index is 4.53. The van der Waals surface area contributed by atoms with Crippen LogP contribution in [0.3, 0.4) is 0 Å². The molecule has 0 fully saturated rings. The molecule has 0 bridgehead atoms. The molecule has 3 rings (SSSR count). The number of hydrogen-bond donors (Lipinski definition) is 1. The average molecular weight is 314 g/mol. The molecule has 3 nitrogen and oxygen atoms in total. The molecule has 0 unspecified atom stereocenters. The lowest BCUT2D eigenvalue weighted by Gasteiger charge is -1.99. The normalized spacial score (nSPS) is 10.6. The summed E-state index contributed by atoms with van der Waals surface area (Å²) in [4.78, 5) is 4.53. The monoisotopic (exact) mass is 313 g/mol. The molecule has 0 saturated heterocycles. The van der Waals surface area contributed by atoms with E-state index in [1.807, 2.05) is 42.5 Å². The Labute approximate surface area is 119 Å². The van der Waals surface area contributed by atoms with E-state index in [0.29, 0.717) is 5.82 Å². The molecule has 0 aliphatic rings. The summed E-state index contributed by atoms with van der Waals surface area (Å²) in [5.74, 6) is 1.49. The number of halogens is 1. The predicted octanol–water partition coefficient (Wildman–Crippen LogP) is 4.21. The van der Waals surface area contributed by atoms with Gasteiger partial charge in [-0.15, -0.1) is 0 Å². The number of aryl methyl sites for hydroxylation is 1. The number of hydrogen-bond acceptors (Lipinski definition) is 2. The van der Waals surface area contributed by atoms with Crippen LogP contribution >= 0.6 is 15.9 Å². The molecule has 2 aromatic carbocycles. The van der Waals surface area contributed by atoms with Gasteiger partial charge in [0, 0.05) is 15.6 Å². The summed E-state index contributed by atoms with van der Waals surface area (Å²) in [5.41, 5.74) is 3.23. The van der Waals surface area contributed by atoms with Crippen molar-refractivity contribution in [1.82, 2.24) is 15.2 Å². The predicted molar refractivity (Wildman–Crippen MR) is 79.7 cm³/mol. The number of benzene rings is 2. The van der Waals surface area contributed by atoms with E-state index in [0.717, 1.165) is 21.4 Å². The van der Waals surface area contributed by atoms with Crippen LogP contribution in [-0.2, 0) is 0 Å². The Kier molecular flexibility index (Phi) is 3.17. The highest BCUT2D eigenvalue weighted by Crippen LogP contribution is 2.24. The van der Waals surface area contributed by atoms with E-state index in [2.05, 4.69) is 44.1 Å².